The Hall–Kier alpha value is -2.06. The molecule has 46 heavy (non-hydrogen) atoms. The number of aliphatic hydroxyl groups excluding tert-OH is 7. The molecule has 17 atom stereocenters. The third kappa shape index (κ3) is 4.36. The molecule has 0 aromatic carbocycles. The molecule has 7 rings (SSSR count). The number of esters is 1. The molecule has 256 valence electrons. The highest BCUT2D eigenvalue weighted by atomic mass is 16.7. The van der Waals surface area contributed by atoms with Gasteiger partial charge < -0.3 is 68.6 Å². The lowest BCUT2D eigenvalue weighted by atomic mass is 9.48. The van der Waals surface area contributed by atoms with E-state index in [-0.39, 0.29) is 11.7 Å². The van der Waals surface area contributed by atoms with Crippen LogP contribution in [0.15, 0.2) is 15.3 Å². The van der Waals surface area contributed by atoms with Gasteiger partial charge in [-0.05, 0) is 12.5 Å². The highest BCUT2D eigenvalue weighted by molar-refractivity contribution is 5.82. The number of ether oxygens (including phenoxy) is 6. The first-order valence-electron chi connectivity index (χ1n) is 15.5. The van der Waals surface area contributed by atoms with Gasteiger partial charge in [-0.3, -0.25) is 4.79 Å². The molecule has 5 fully saturated rings. The molecule has 4 saturated heterocycles. The summed E-state index contributed by atoms with van der Waals surface area (Å²) in [6, 6.07) is 1.34. The second-order valence-corrected chi connectivity index (χ2v) is 13.9. The number of epoxide rings is 1. The van der Waals surface area contributed by atoms with Crippen molar-refractivity contribution in [3.63, 3.8) is 0 Å². The molecule has 16 heteroatoms. The fraction of sp³-hybridized carbons (Fsp3) is 0.800. The second-order valence-electron chi connectivity index (χ2n) is 13.9. The minimum atomic E-state index is -1.77. The SMILES string of the molecule is CC(C)c1oc(=O)cc2c1[C@@H](O[C@H]1OC[C@H](O[C@H]3O[C@@H](CO)[C@H](O)[C@@H](O)[C@@H]3O)[C@@H](O)[C@@H]1O)[C@H]1OC(=O)[C@@]3(C)[C@@H](O)[C@H]4O[C@H]4[C@@]2(C)[C@@H]13. The average Bonchev–Trinajstić information content (AvgIpc) is 3.78. The van der Waals surface area contributed by atoms with E-state index in [4.69, 9.17) is 32.8 Å². The van der Waals surface area contributed by atoms with Crippen LogP contribution in [0.3, 0.4) is 0 Å². The normalized spacial score (nSPS) is 50.9. The number of hydrogen-bond acceptors (Lipinski definition) is 16. The van der Waals surface area contributed by atoms with E-state index in [0.29, 0.717) is 11.1 Å². The summed E-state index contributed by atoms with van der Waals surface area (Å²) in [5.41, 5.74) is -2.06. The highest BCUT2D eigenvalue weighted by Gasteiger charge is 2.80. The predicted octanol–water partition coefficient (Wildman–Crippen LogP) is -2.95. The van der Waals surface area contributed by atoms with Gasteiger partial charge in [0.1, 0.15) is 72.2 Å². The Morgan fingerprint density at radius 3 is 2.26 bits per heavy atom. The van der Waals surface area contributed by atoms with Gasteiger partial charge in [-0.15, -0.1) is 0 Å². The zero-order chi connectivity index (χ0) is 33.2. The summed E-state index contributed by atoms with van der Waals surface area (Å²) in [7, 11) is 0. The molecule has 5 heterocycles. The van der Waals surface area contributed by atoms with Gasteiger partial charge in [0.05, 0.1) is 25.4 Å². The molecule has 0 unspecified atom stereocenters. The minimum Gasteiger partial charge on any atom is -0.458 e. The second kappa shape index (κ2) is 11.0. The van der Waals surface area contributed by atoms with Crippen LogP contribution in [0.1, 0.15) is 56.6 Å². The first-order valence-corrected chi connectivity index (χ1v) is 15.5. The Balaban J connectivity index is 1.20. The Morgan fingerprint density at radius 1 is 0.891 bits per heavy atom. The maximum Gasteiger partial charge on any atom is 0.336 e. The fourth-order valence-electron chi connectivity index (χ4n) is 8.48. The molecule has 4 aliphatic heterocycles. The van der Waals surface area contributed by atoms with Gasteiger partial charge in [-0.2, -0.15) is 0 Å². The van der Waals surface area contributed by atoms with Crippen LogP contribution in [0.2, 0.25) is 0 Å². The van der Waals surface area contributed by atoms with Crippen LogP contribution < -0.4 is 5.63 Å². The van der Waals surface area contributed by atoms with Crippen LogP contribution in [0.5, 0.6) is 0 Å². The minimum absolute atomic E-state index is 0.273. The van der Waals surface area contributed by atoms with Crippen molar-refractivity contribution in [2.24, 2.45) is 11.3 Å². The molecule has 7 N–H and O–H groups in total. The molecular formula is C30H40O16. The van der Waals surface area contributed by atoms with E-state index in [2.05, 4.69) is 0 Å². The van der Waals surface area contributed by atoms with Crippen LogP contribution in [-0.4, -0.2) is 135 Å². The molecule has 1 aromatic rings. The first kappa shape index (κ1) is 32.5. The van der Waals surface area contributed by atoms with Gasteiger partial charge in [0.15, 0.2) is 12.6 Å². The maximum absolute atomic E-state index is 13.5. The lowest BCUT2D eigenvalue weighted by Gasteiger charge is -2.53. The monoisotopic (exact) mass is 656 g/mol. The summed E-state index contributed by atoms with van der Waals surface area (Å²) < 4.78 is 40.7. The van der Waals surface area contributed by atoms with E-state index in [9.17, 15) is 45.3 Å². The fourth-order valence-corrected chi connectivity index (χ4v) is 8.48. The van der Waals surface area contributed by atoms with Crippen LogP contribution in [0.4, 0.5) is 0 Å². The van der Waals surface area contributed by atoms with E-state index in [0.717, 1.165) is 0 Å². The number of fused-ring (bicyclic) bond motifs is 4. The number of rotatable bonds is 6. The summed E-state index contributed by atoms with van der Waals surface area (Å²) >= 11 is 0. The molecule has 0 radical (unpaired) electrons. The van der Waals surface area contributed by atoms with E-state index in [1.54, 1.807) is 6.92 Å². The summed E-state index contributed by atoms with van der Waals surface area (Å²) in [5, 5.41) is 73.5. The van der Waals surface area contributed by atoms with Crippen molar-refractivity contribution in [3.05, 3.63) is 33.4 Å². The smallest absolute Gasteiger partial charge is 0.336 e. The molecule has 0 bridgehead atoms. The molecular weight excluding hydrogens is 616 g/mol. The number of aliphatic hydroxyl groups is 7. The van der Waals surface area contributed by atoms with Crippen molar-refractivity contribution < 1.29 is 73.4 Å². The van der Waals surface area contributed by atoms with E-state index in [1.165, 1.54) is 6.07 Å². The molecule has 6 aliphatic rings. The number of carbonyl (C=O) groups excluding carboxylic acids is 1. The third-order valence-corrected chi connectivity index (χ3v) is 10.9. The number of carbonyl (C=O) groups is 1. The van der Waals surface area contributed by atoms with Gasteiger partial charge in [-0.25, -0.2) is 4.79 Å². The van der Waals surface area contributed by atoms with E-state index in [1.807, 2.05) is 20.8 Å². The van der Waals surface area contributed by atoms with Crippen molar-refractivity contribution in [1.29, 1.82) is 0 Å². The summed E-state index contributed by atoms with van der Waals surface area (Å²) in [5.74, 6) is -1.45. The molecule has 1 aromatic heterocycles. The third-order valence-electron chi connectivity index (χ3n) is 10.9. The Morgan fingerprint density at radius 2 is 1.59 bits per heavy atom. The lowest BCUT2D eigenvalue weighted by molar-refractivity contribution is -0.349. The topological polar surface area (TPSA) is 248 Å². The molecule has 1 saturated carbocycles. The summed E-state index contributed by atoms with van der Waals surface area (Å²) in [6.45, 7) is 6.01. The molecule has 16 nitrogen and oxygen atoms in total. The standard InChI is InChI=1S/C30H40O16/c1-8(2)19-13-9(5-12(32)43-19)29(3)23-21(46-28(39)30(23,4)24(38)22-25(29)44-22)20(13)45-26-17(36)15(34)11(7-40-26)42-27-18(37)16(35)14(33)10(6-31)41-27/h5,8,10-11,14-18,20-27,31,33-38H,6-7H2,1-4H3/t10-,11-,14-,15+,16+,17-,18-,20+,21+,22+,23+,24-,25+,26+,27+,29+,30+/m0/s1. The summed E-state index contributed by atoms with van der Waals surface area (Å²) in [6.07, 6.45) is -18.8. The zero-order valence-electron chi connectivity index (χ0n) is 25.5. The quantitative estimate of drug-likeness (QED) is 0.119. The average molecular weight is 657 g/mol. The summed E-state index contributed by atoms with van der Waals surface area (Å²) in [4.78, 5) is 26.4. The molecule has 0 spiro atoms. The van der Waals surface area contributed by atoms with E-state index >= 15 is 0 Å². The van der Waals surface area contributed by atoms with Crippen LogP contribution in [0, 0.1) is 11.3 Å². The van der Waals surface area contributed by atoms with Crippen molar-refractivity contribution in [2.75, 3.05) is 13.2 Å². The van der Waals surface area contributed by atoms with Gasteiger partial charge >= 0.3 is 11.6 Å². The van der Waals surface area contributed by atoms with Crippen molar-refractivity contribution in [2.45, 2.75) is 125 Å². The molecule has 0 amide bonds. The van der Waals surface area contributed by atoms with Gasteiger partial charge in [0.2, 0.25) is 0 Å². The maximum atomic E-state index is 13.5. The largest absolute Gasteiger partial charge is 0.458 e. The van der Waals surface area contributed by atoms with E-state index < -0.39 is 127 Å². The lowest BCUT2D eigenvalue weighted by Crippen LogP contribution is -2.64. The van der Waals surface area contributed by atoms with Crippen molar-refractivity contribution >= 4 is 5.97 Å². The van der Waals surface area contributed by atoms with Gasteiger partial charge in [0, 0.05) is 28.9 Å². The van der Waals surface area contributed by atoms with Crippen LogP contribution in [-0.2, 0) is 38.6 Å². The van der Waals surface area contributed by atoms with Crippen molar-refractivity contribution in [3.8, 4) is 0 Å². The van der Waals surface area contributed by atoms with Crippen LogP contribution in [0.25, 0.3) is 0 Å². The Labute approximate surface area is 262 Å². The Bertz CT molecular complexity index is 1430. The number of hydrogen-bond donors (Lipinski definition) is 7. The zero-order valence-corrected chi connectivity index (χ0v) is 25.5. The predicted molar refractivity (Wildman–Crippen MR) is 147 cm³/mol. The van der Waals surface area contributed by atoms with Crippen molar-refractivity contribution in [1.82, 2.24) is 0 Å². The van der Waals surface area contributed by atoms with Gasteiger partial charge in [0.25, 0.3) is 0 Å². The Kier molecular flexibility index (Phi) is 7.75. The first-order chi connectivity index (χ1) is 21.7. The van der Waals surface area contributed by atoms with Gasteiger partial charge in [-0.1, -0.05) is 20.8 Å². The molecule has 2 aliphatic carbocycles. The van der Waals surface area contributed by atoms with Crippen LogP contribution >= 0.6 is 0 Å². The highest BCUT2D eigenvalue weighted by Crippen LogP contribution is 2.69.